The zero-order chi connectivity index (χ0) is 20.1. The lowest BCUT2D eigenvalue weighted by Gasteiger charge is -2.13. The Balaban J connectivity index is 1.82. The van der Waals surface area contributed by atoms with Gasteiger partial charge in [0.1, 0.15) is 0 Å². The Morgan fingerprint density at radius 1 is 1.04 bits per heavy atom. The number of hydrogen-bond acceptors (Lipinski definition) is 6. The highest BCUT2D eigenvalue weighted by molar-refractivity contribution is 5.96. The van der Waals surface area contributed by atoms with Crippen LogP contribution in [-0.2, 0) is 0 Å². The number of fused-ring (bicyclic) bond motifs is 1. The van der Waals surface area contributed by atoms with E-state index in [2.05, 4.69) is 15.5 Å². The predicted octanol–water partition coefficient (Wildman–Crippen LogP) is 2.32. The van der Waals surface area contributed by atoms with Gasteiger partial charge in [0.25, 0.3) is 11.5 Å². The number of methoxy groups -OCH3 is 3. The smallest absolute Gasteiger partial charge is 0.271 e. The van der Waals surface area contributed by atoms with Crippen LogP contribution in [0.3, 0.4) is 0 Å². The minimum absolute atomic E-state index is 0.263. The number of hydrazone groups is 1. The average Bonchev–Trinajstić information content (AvgIpc) is 2.72. The summed E-state index contributed by atoms with van der Waals surface area (Å²) in [5.41, 5.74) is 3.40. The number of ether oxygens (including phenoxy) is 3. The lowest BCUT2D eigenvalue weighted by atomic mass is 10.1. The van der Waals surface area contributed by atoms with Crippen molar-refractivity contribution in [3.63, 3.8) is 0 Å². The van der Waals surface area contributed by atoms with Gasteiger partial charge in [-0.2, -0.15) is 5.10 Å². The van der Waals surface area contributed by atoms with Crippen molar-refractivity contribution in [3.8, 4) is 17.2 Å². The summed E-state index contributed by atoms with van der Waals surface area (Å²) in [6.45, 7) is 0. The van der Waals surface area contributed by atoms with Crippen molar-refractivity contribution < 1.29 is 19.0 Å². The number of nitrogens with zero attached hydrogens (tertiary/aromatic N) is 1. The van der Waals surface area contributed by atoms with Crippen molar-refractivity contribution in [3.05, 3.63) is 63.9 Å². The fraction of sp³-hybridized carbons (Fsp3) is 0.150. The summed E-state index contributed by atoms with van der Waals surface area (Å²) in [6, 6.07) is 12.1. The van der Waals surface area contributed by atoms with Crippen molar-refractivity contribution in [1.82, 2.24) is 10.4 Å². The largest absolute Gasteiger partial charge is 0.493 e. The highest BCUT2D eigenvalue weighted by Gasteiger charge is 2.16. The van der Waals surface area contributed by atoms with Crippen LogP contribution in [-0.4, -0.2) is 38.4 Å². The third kappa shape index (κ3) is 3.80. The van der Waals surface area contributed by atoms with Crippen LogP contribution in [0.4, 0.5) is 0 Å². The predicted molar refractivity (Wildman–Crippen MR) is 106 cm³/mol. The first-order chi connectivity index (χ1) is 13.6. The van der Waals surface area contributed by atoms with Gasteiger partial charge in [-0.1, -0.05) is 18.2 Å². The Morgan fingerprint density at radius 3 is 2.36 bits per heavy atom. The average molecular weight is 381 g/mol. The van der Waals surface area contributed by atoms with Crippen molar-refractivity contribution in [1.29, 1.82) is 0 Å². The van der Waals surface area contributed by atoms with E-state index in [0.717, 1.165) is 10.9 Å². The molecule has 8 nitrogen and oxygen atoms in total. The summed E-state index contributed by atoms with van der Waals surface area (Å²) >= 11 is 0. The van der Waals surface area contributed by atoms with E-state index in [9.17, 15) is 9.59 Å². The Kier molecular flexibility index (Phi) is 5.59. The quantitative estimate of drug-likeness (QED) is 0.504. The molecular weight excluding hydrogens is 362 g/mol. The van der Waals surface area contributed by atoms with E-state index in [1.54, 1.807) is 6.07 Å². The maximum Gasteiger partial charge on any atom is 0.271 e. The zero-order valence-electron chi connectivity index (χ0n) is 15.6. The number of rotatable bonds is 6. The molecule has 0 saturated carbocycles. The second-order valence-electron chi connectivity index (χ2n) is 5.75. The van der Waals surface area contributed by atoms with E-state index in [0.29, 0.717) is 22.8 Å². The van der Waals surface area contributed by atoms with E-state index in [1.165, 1.54) is 39.7 Å². The van der Waals surface area contributed by atoms with Crippen LogP contribution in [0.2, 0.25) is 0 Å². The monoisotopic (exact) mass is 381 g/mol. The fourth-order valence-electron chi connectivity index (χ4n) is 2.70. The highest BCUT2D eigenvalue weighted by Crippen LogP contribution is 2.38. The molecule has 2 aromatic carbocycles. The van der Waals surface area contributed by atoms with Crippen molar-refractivity contribution in [2.45, 2.75) is 0 Å². The molecule has 0 aliphatic carbocycles. The number of hydrogen-bond donors (Lipinski definition) is 2. The molecule has 0 fully saturated rings. The van der Waals surface area contributed by atoms with Gasteiger partial charge in [0.15, 0.2) is 11.5 Å². The Bertz CT molecular complexity index is 1080. The van der Waals surface area contributed by atoms with Gasteiger partial charge in [-0.15, -0.1) is 0 Å². The number of carbonyl (C=O) groups excluding carboxylic acids is 1. The van der Waals surface area contributed by atoms with Crippen molar-refractivity contribution >= 4 is 23.0 Å². The molecule has 0 atom stereocenters. The standard InChI is InChI=1S/C20H19N3O5/c1-26-16-9-13(10-17(27-2)18(16)28-3)20(25)23-21-11-14-8-12-6-4-5-7-15(12)22-19(14)24/h4-11H,1-3H3,(H,22,24)(H,23,25)/b21-11-. The lowest BCUT2D eigenvalue weighted by Crippen LogP contribution is -2.19. The molecule has 144 valence electrons. The Morgan fingerprint density at radius 2 is 1.71 bits per heavy atom. The van der Waals surface area contributed by atoms with Crippen LogP contribution in [0.1, 0.15) is 15.9 Å². The number of H-pyrrole nitrogens is 1. The molecule has 1 amide bonds. The summed E-state index contributed by atoms with van der Waals surface area (Å²) in [4.78, 5) is 27.3. The molecule has 0 aliphatic rings. The normalized spacial score (nSPS) is 10.8. The number of para-hydroxylation sites is 1. The van der Waals surface area contributed by atoms with E-state index in [4.69, 9.17) is 14.2 Å². The van der Waals surface area contributed by atoms with E-state index >= 15 is 0 Å². The molecule has 3 aromatic rings. The van der Waals surface area contributed by atoms with Gasteiger partial charge in [-0.05, 0) is 29.7 Å². The summed E-state index contributed by atoms with van der Waals surface area (Å²) in [7, 11) is 4.40. The second kappa shape index (κ2) is 8.26. The maximum atomic E-state index is 12.4. The third-order valence-electron chi connectivity index (χ3n) is 4.08. The molecule has 1 aromatic heterocycles. The van der Waals surface area contributed by atoms with Crippen LogP contribution < -0.4 is 25.2 Å². The number of aromatic nitrogens is 1. The van der Waals surface area contributed by atoms with Crippen LogP contribution in [0.25, 0.3) is 10.9 Å². The fourth-order valence-corrected chi connectivity index (χ4v) is 2.70. The van der Waals surface area contributed by atoms with Gasteiger partial charge in [0.2, 0.25) is 5.75 Å². The molecule has 8 heteroatoms. The number of aromatic amines is 1. The number of pyridine rings is 1. The highest BCUT2D eigenvalue weighted by atomic mass is 16.5. The first kappa shape index (κ1) is 19.0. The summed E-state index contributed by atoms with van der Waals surface area (Å²) in [5.74, 6) is 0.587. The molecule has 0 aliphatic heterocycles. The van der Waals surface area contributed by atoms with Gasteiger partial charge >= 0.3 is 0 Å². The van der Waals surface area contributed by atoms with Gasteiger partial charge in [-0.25, -0.2) is 5.43 Å². The Hall–Kier alpha value is -3.81. The van der Waals surface area contributed by atoms with Crippen molar-refractivity contribution in [2.75, 3.05) is 21.3 Å². The first-order valence-corrected chi connectivity index (χ1v) is 8.33. The lowest BCUT2D eigenvalue weighted by molar-refractivity contribution is 0.0954. The Labute approximate surface area is 160 Å². The van der Waals surface area contributed by atoms with Gasteiger partial charge in [0.05, 0.1) is 33.1 Å². The topological polar surface area (TPSA) is 102 Å². The SMILES string of the molecule is COc1cc(C(=O)N/N=C\c2cc3ccccc3[nH]c2=O)cc(OC)c1OC. The molecule has 0 unspecified atom stereocenters. The molecule has 1 heterocycles. The summed E-state index contributed by atoms with van der Waals surface area (Å²) in [5, 5.41) is 4.74. The van der Waals surface area contributed by atoms with Crippen LogP contribution >= 0.6 is 0 Å². The molecule has 2 N–H and O–H groups in total. The third-order valence-corrected chi connectivity index (χ3v) is 4.08. The summed E-state index contributed by atoms with van der Waals surface area (Å²) < 4.78 is 15.7. The van der Waals surface area contributed by atoms with Crippen LogP contribution in [0, 0.1) is 0 Å². The van der Waals surface area contributed by atoms with E-state index < -0.39 is 5.91 Å². The maximum absolute atomic E-state index is 12.4. The zero-order valence-corrected chi connectivity index (χ0v) is 15.6. The first-order valence-electron chi connectivity index (χ1n) is 8.33. The molecule has 0 spiro atoms. The molecule has 3 rings (SSSR count). The van der Waals surface area contributed by atoms with E-state index in [1.807, 2.05) is 24.3 Å². The minimum atomic E-state index is -0.493. The molecule has 0 saturated heterocycles. The van der Waals surface area contributed by atoms with Crippen LogP contribution in [0.5, 0.6) is 17.2 Å². The number of amides is 1. The minimum Gasteiger partial charge on any atom is -0.493 e. The van der Waals surface area contributed by atoms with Gasteiger partial charge in [-0.3, -0.25) is 9.59 Å². The second-order valence-corrected chi connectivity index (χ2v) is 5.75. The molecule has 0 bridgehead atoms. The molecule has 0 radical (unpaired) electrons. The molecule has 28 heavy (non-hydrogen) atoms. The summed E-state index contributed by atoms with van der Waals surface area (Å²) in [6.07, 6.45) is 1.29. The number of carbonyl (C=O) groups is 1. The van der Waals surface area contributed by atoms with Gasteiger partial charge < -0.3 is 19.2 Å². The number of benzene rings is 2. The number of nitrogens with one attached hydrogen (secondary N) is 2. The molecular formula is C20H19N3O5. The van der Waals surface area contributed by atoms with Gasteiger partial charge in [0, 0.05) is 11.1 Å². The van der Waals surface area contributed by atoms with Crippen LogP contribution in [0.15, 0.2) is 52.4 Å². The van der Waals surface area contributed by atoms with Crippen molar-refractivity contribution in [2.24, 2.45) is 5.10 Å². The van der Waals surface area contributed by atoms with E-state index in [-0.39, 0.29) is 11.1 Å².